The van der Waals surface area contributed by atoms with Gasteiger partial charge in [0.05, 0.1) is 11.3 Å². The molecule has 0 spiro atoms. The van der Waals surface area contributed by atoms with Gasteiger partial charge in [0.1, 0.15) is 5.75 Å². The first-order chi connectivity index (χ1) is 9.51. The van der Waals surface area contributed by atoms with Gasteiger partial charge in [0.2, 0.25) is 0 Å². The molecule has 0 aliphatic carbocycles. The Balaban J connectivity index is 0. The first kappa shape index (κ1) is 21.9. The molecular weight excluding hydrogens is 334 g/mol. The predicted octanol–water partition coefficient (Wildman–Crippen LogP) is 3.55. The Bertz CT molecular complexity index is 509. The van der Waals surface area contributed by atoms with Crippen molar-refractivity contribution in [1.82, 2.24) is 0 Å². The Morgan fingerprint density at radius 3 is 2.05 bits per heavy atom. The van der Waals surface area contributed by atoms with Crippen LogP contribution in [0.15, 0.2) is 6.07 Å². The quantitative estimate of drug-likeness (QED) is 0.312. The molecule has 1 aromatic rings. The smallest absolute Gasteiger partial charge is 0.472 e. The van der Waals surface area contributed by atoms with E-state index >= 15 is 0 Å². The van der Waals surface area contributed by atoms with Crippen molar-refractivity contribution < 1.29 is 32.7 Å². The van der Waals surface area contributed by atoms with Crippen LogP contribution in [0.2, 0.25) is 5.02 Å². The molecule has 0 heterocycles. The maximum absolute atomic E-state index is 11.0. The Kier molecular flexibility index (Phi) is 9.96. The molecule has 0 unspecified atom stereocenters. The molecule has 0 aliphatic heterocycles. The highest BCUT2D eigenvalue weighted by molar-refractivity contribution is 7.25. The van der Waals surface area contributed by atoms with Crippen LogP contribution in [0.4, 0.5) is 18.9 Å². The van der Waals surface area contributed by atoms with E-state index in [1.165, 1.54) is 13.0 Å². The van der Waals surface area contributed by atoms with E-state index < -0.39 is 14.4 Å². The summed E-state index contributed by atoms with van der Waals surface area (Å²) in [6, 6.07) is 1.42. The van der Waals surface area contributed by atoms with E-state index in [0.29, 0.717) is 10.6 Å². The molecule has 1 aromatic carbocycles. The fraction of sp³-hybridized carbons (Fsp3) is 0.364. The first-order valence-electron chi connectivity index (χ1n) is 5.15. The van der Waals surface area contributed by atoms with Crippen LogP contribution in [-0.2, 0) is 4.57 Å². The predicted molar refractivity (Wildman–Crippen MR) is 74.1 cm³/mol. The average molecular weight is 348 g/mol. The fourth-order valence-electron chi connectivity index (χ4n) is 1.02. The average Bonchev–Trinajstić information content (AvgIpc) is 2.42. The number of hydrogen-bond acceptors (Lipinski definition) is 5. The number of nitrogens with two attached hydrogens (primary N) is 1. The summed E-state index contributed by atoms with van der Waals surface area (Å²) in [7, 11) is -0.775. The van der Waals surface area contributed by atoms with E-state index in [4.69, 9.17) is 27.0 Å². The number of phenolic OH excluding ortho intramolecular Hbond substituents is 1. The minimum atomic E-state index is -4.54. The normalized spacial score (nSPS) is 10.1. The number of ketones is 1. The van der Waals surface area contributed by atoms with Gasteiger partial charge in [-0.2, -0.15) is 13.2 Å². The Labute approximate surface area is 125 Å². The zero-order valence-corrected chi connectivity index (χ0v) is 13.0. The second-order valence-electron chi connectivity index (χ2n) is 3.41. The van der Waals surface area contributed by atoms with Crippen molar-refractivity contribution in [1.29, 1.82) is 0 Å². The summed E-state index contributed by atoms with van der Waals surface area (Å²) in [5.41, 5.74) is 6.45. The highest BCUT2D eigenvalue weighted by Gasteiger charge is 2.27. The van der Waals surface area contributed by atoms with Crippen molar-refractivity contribution in [2.24, 2.45) is 0 Å². The highest BCUT2D eigenvalue weighted by Crippen LogP contribution is 2.33. The Morgan fingerprint density at radius 2 is 1.76 bits per heavy atom. The monoisotopic (exact) mass is 347 g/mol. The maximum Gasteiger partial charge on any atom is 0.472 e. The van der Waals surface area contributed by atoms with Gasteiger partial charge in [0.25, 0.3) is 8.46 Å². The lowest BCUT2D eigenvalue weighted by molar-refractivity contribution is -0.0390. The number of hydrogen-bond donors (Lipinski definition) is 3. The number of Topliss-reactive ketones (excluding diaryl/α,β-unsaturated/α-hetero) is 1. The number of benzene rings is 1. The second-order valence-corrected chi connectivity index (χ2v) is 4.51. The summed E-state index contributed by atoms with van der Waals surface area (Å²) in [4.78, 5) is 11.0. The standard InChI is InChI=1S/C9H10ClNO2.CF3OP.CH4O/c1-4-7(10)3-6(5(2)12)9(13)8(4)11;2-1(3,4)6-5;1-2/h3,13H,11H2,1-2H3;;2H,1H3. The van der Waals surface area contributed by atoms with Crippen molar-refractivity contribution in [2.45, 2.75) is 19.8 Å². The van der Waals surface area contributed by atoms with Crippen molar-refractivity contribution in [3.63, 3.8) is 0 Å². The number of aliphatic hydroxyl groups is 1. The van der Waals surface area contributed by atoms with Gasteiger partial charge >= 0.3 is 5.92 Å². The second kappa shape index (κ2) is 9.55. The van der Waals surface area contributed by atoms with Crippen LogP contribution in [0.25, 0.3) is 0 Å². The van der Waals surface area contributed by atoms with E-state index in [0.717, 1.165) is 7.11 Å². The number of carbonyl (C=O) groups excluding carboxylic acids is 1. The molecule has 5 nitrogen and oxygen atoms in total. The van der Waals surface area contributed by atoms with Crippen molar-refractivity contribution in [2.75, 3.05) is 12.8 Å². The van der Waals surface area contributed by atoms with Crippen LogP contribution in [0, 0.1) is 6.92 Å². The largest absolute Gasteiger partial charge is 0.505 e. The van der Waals surface area contributed by atoms with Gasteiger partial charge in [-0.3, -0.25) is 9.36 Å². The highest BCUT2D eigenvalue weighted by atomic mass is 35.5. The molecule has 0 bridgehead atoms. The number of halogens is 4. The molecule has 1 rings (SSSR count). The summed E-state index contributed by atoms with van der Waals surface area (Å²) in [6.45, 7) is 3.03. The van der Waals surface area contributed by atoms with Crippen LogP contribution in [0.5, 0.6) is 5.75 Å². The van der Waals surface area contributed by atoms with Crippen LogP contribution in [0.1, 0.15) is 22.8 Å². The summed E-state index contributed by atoms with van der Waals surface area (Å²) in [6.07, 6.45) is 0. The number of alkyl halides is 3. The minimum Gasteiger partial charge on any atom is -0.505 e. The molecule has 0 saturated carbocycles. The SMILES string of the molecule is CC(=O)c1cc(Cl)c(C)c(N)c1O.CO.O=PC(F)(F)F. The molecular formula is C11H14ClF3NO4P. The van der Waals surface area contributed by atoms with Crippen LogP contribution < -0.4 is 5.73 Å². The van der Waals surface area contributed by atoms with Crippen LogP contribution in [-0.4, -0.2) is 29.0 Å². The van der Waals surface area contributed by atoms with E-state index in [9.17, 15) is 23.1 Å². The molecule has 0 fully saturated rings. The third-order valence-corrected chi connectivity index (χ3v) is 2.63. The number of nitrogen functional groups attached to an aromatic ring is 1. The Hall–Kier alpha value is -1.37. The summed E-state index contributed by atoms with van der Waals surface area (Å²) >= 11 is 5.79. The van der Waals surface area contributed by atoms with Gasteiger partial charge < -0.3 is 15.9 Å². The molecule has 0 saturated heterocycles. The van der Waals surface area contributed by atoms with Gasteiger partial charge in [-0.15, -0.1) is 0 Å². The fourth-order valence-corrected chi connectivity index (χ4v) is 1.23. The number of rotatable bonds is 1. The maximum atomic E-state index is 11.0. The summed E-state index contributed by atoms with van der Waals surface area (Å²) in [5.74, 6) is -4.99. The number of phenols is 1. The van der Waals surface area contributed by atoms with Crippen molar-refractivity contribution >= 4 is 31.5 Å². The molecule has 10 heteroatoms. The third kappa shape index (κ3) is 7.84. The zero-order valence-electron chi connectivity index (χ0n) is 11.3. The van der Waals surface area contributed by atoms with Gasteiger partial charge in [0, 0.05) is 12.1 Å². The lowest BCUT2D eigenvalue weighted by atomic mass is 10.1. The topological polar surface area (TPSA) is 101 Å². The van der Waals surface area contributed by atoms with Crippen LogP contribution in [0.3, 0.4) is 0 Å². The number of aliphatic hydroxyl groups excluding tert-OH is 1. The van der Waals surface area contributed by atoms with E-state index in [1.54, 1.807) is 6.92 Å². The molecule has 0 amide bonds. The van der Waals surface area contributed by atoms with Gasteiger partial charge in [-0.1, -0.05) is 11.6 Å². The number of carbonyl (C=O) groups is 1. The third-order valence-electron chi connectivity index (χ3n) is 2.03. The Morgan fingerprint density at radius 1 is 1.38 bits per heavy atom. The molecule has 0 radical (unpaired) electrons. The van der Waals surface area contributed by atoms with Gasteiger partial charge in [-0.25, -0.2) is 0 Å². The van der Waals surface area contributed by atoms with Crippen molar-refractivity contribution in [3.05, 3.63) is 22.2 Å². The summed E-state index contributed by atoms with van der Waals surface area (Å²) in [5, 5.41) is 16.9. The van der Waals surface area contributed by atoms with Gasteiger partial charge in [0.15, 0.2) is 5.78 Å². The van der Waals surface area contributed by atoms with E-state index in [1.807, 2.05) is 0 Å². The van der Waals surface area contributed by atoms with Crippen LogP contribution >= 0.6 is 20.1 Å². The lowest BCUT2D eigenvalue weighted by Crippen LogP contribution is -1.99. The summed E-state index contributed by atoms with van der Waals surface area (Å²) < 4.78 is 40.2. The number of anilines is 1. The molecule has 120 valence electrons. The molecule has 0 atom stereocenters. The number of aromatic hydroxyl groups is 1. The molecule has 0 aromatic heterocycles. The molecule has 4 N–H and O–H groups in total. The molecule has 0 aliphatic rings. The zero-order chi connectivity index (χ0) is 17.4. The van der Waals surface area contributed by atoms with Crippen molar-refractivity contribution in [3.8, 4) is 5.75 Å². The lowest BCUT2D eigenvalue weighted by Gasteiger charge is -2.08. The van der Waals surface area contributed by atoms with E-state index in [-0.39, 0.29) is 22.8 Å². The van der Waals surface area contributed by atoms with Gasteiger partial charge in [-0.05, 0) is 25.5 Å². The first-order valence-corrected chi connectivity index (χ1v) is 6.34. The molecule has 21 heavy (non-hydrogen) atoms. The van der Waals surface area contributed by atoms with E-state index in [2.05, 4.69) is 0 Å². The minimum absolute atomic E-state index is 0.160.